The van der Waals surface area contributed by atoms with E-state index in [1.165, 1.54) is 0 Å². The molecule has 5 nitrogen and oxygen atoms in total. The molecule has 0 radical (unpaired) electrons. The molecule has 4 saturated carbocycles. The second kappa shape index (κ2) is 6.80. The Hall–Kier alpha value is -0.940. The lowest BCUT2D eigenvalue weighted by Crippen LogP contribution is -2.65. The minimum absolute atomic E-state index is 0.0404. The van der Waals surface area contributed by atoms with Gasteiger partial charge in [-0.05, 0) is 69.1 Å². The molecular formula is C23H38N2O3. The van der Waals surface area contributed by atoms with Gasteiger partial charge in [0, 0.05) is 29.7 Å². The molecule has 0 bridgehead atoms. The van der Waals surface area contributed by atoms with Crippen LogP contribution in [0, 0.1) is 34.5 Å². The van der Waals surface area contributed by atoms with Crippen molar-refractivity contribution in [1.29, 1.82) is 0 Å². The van der Waals surface area contributed by atoms with Crippen molar-refractivity contribution in [2.75, 3.05) is 6.61 Å². The van der Waals surface area contributed by atoms with Gasteiger partial charge in [-0.1, -0.05) is 25.9 Å². The highest BCUT2D eigenvalue weighted by Crippen LogP contribution is 2.67. The first-order valence-corrected chi connectivity index (χ1v) is 11.3. The van der Waals surface area contributed by atoms with Crippen LogP contribution < -0.4 is 5.73 Å². The Morgan fingerprint density at radius 2 is 2.00 bits per heavy atom. The second-order valence-electron chi connectivity index (χ2n) is 10.9. The molecule has 0 spiro atoms. The number of nitrogens with two attached hydrogens (primary N) is 1. The number of aliphatic hydroxyl groups is 1. The molecule has 3 N–H and O–H groups in total. The van der Waals surface area contributed by atoms with Crippen LogP contribution in [0.15, 0.2) is 5.16 Å². The van der Waals surface area contributed by atoms with Gasteiger partial charge >= 0.3 is 0 Å². The summed E-state index contributed by atoms with van der Waals surface area (Å²) in [5.74, 6) is 2.27. The van der Waals surface area contributed by atoms with Crippen LogP contribution in [-0.2, 0) is 9.63 Å². The van der Waals surface area contributed by atoms with Crippen molar-refractivity contribution in [1.82, 2.24) is 0 Å². The smallest absolute Gasteiger partial charge is 0.139 e. The fourth-order valence-electron chi connectivity index (χ4n) is 7.57. The van der Waals surface area contributed by atoms with E-state index < -0.39 is 5.60 Å². The van der Waals surface area contributed by atoms with Crippen molar-refractivity contribution in [2.45, 2.75) is 90.7 Å². The summed E-state index contributed by atoms with van der Waals surface area (Å²) in [5.41, 5.74) is 5.77. The molecule has 0 saturated heterocycles. The third-order valence-corrected chi connectivity index (χ3v) is 9.33. The standard InChI is InChI=1S/C23H38N2O3/c1-14-11-17-18-5-6-20(26)21(18,3)9-8-19(17)22(4)10-7-16(12-23(14,22)27)25-28-13-15(2)24/h14-15,17-19,27H,5-13,24H2,1-4H3/t14-,15+,17-,18-,19-,21-,22+,23-/m0/s1. The van der Waals surface area contributed by atoms with Gasteiger partial charge in [0.05, 0.1) is 11.3 Å². The number of nitrogens with zero attached hydrogens (tertiary/aromatic N) is 1. The molecular weight excluding hydrogens is 352 g/mol. The molecule has 0 aliphatic heterocycles. The molecule has 0 aromatic rings. The number of fused-ring (bicyclic) bond motifs is 5. The van der Waals surface area contributed by atoms with Crippen LogP contribution in [0.4, 0.5) is 0 Å². The molecule has 0 aromatic carbocycles. The van der Waals surface area contributed by atoms with Crippen LogP contribution in [0.5, 0.6) is 0 Å². The number of Topliss-reactive ketones (excluding diaryl/α,β-unsaturated/α-hetero) is 1. The van der Waals surface area contributed by atoms with Crippen LogP contribution in [-0.4, -0.2) is 34.9 Å². The van der Waals surface area contributed by atoms with Gasteiger partial charge in [-0.15, -0.1) is 0 Å². The topological polar surface area (TPSA) is 84.9 Å². The Morgan fingerprint density at radius 1 is 1.25 bits per heavy atom. The second-order valence-corrected chi connectivity index (χ2v) is 10.9. The first-order valence-electron chi connectivity index (χ1n) is 11.3. The fraction of sp³-hybridized carbons (Fsp3) is 0.913. The average Bonchev–Trinajstić information content (AvgIpc) is 2.93. The molecule has 0 amide bonds. The summed E-state index contributed by atoms with van der Waals surface area (Å²) in [6.45, 7) is 9.06. The molecule has 0 aromatic heterocycles. The molecule has 4 aliphatic carbocycles. The van der Waals surface area contributed by atoms with Crippen molar-refractivity contribution in [3.63, 3.8) is 0 Å². The quantitative estimate of drug-likeness (QED) is 0.720. The minimum Gasteiger partial charge on any atom is -0.394 e. The molecule has 5 heteroatoms. The van der Waals surface area contributed by atoms with Crippen LogP contribution in [0.2, 0.25) is 0 Å². The molecule has 4 fully saturated rings. The number of hydrogen-bond acceptors (Lipinski definition) is 5. The Bertz CT molecular complexity index is 677. The maximum atomic E-state index is 12.6. The van der Waals surface area contributed by atoms with E-state index in [1.54, 1.807) is 0 Å². The lowest BCUT2D eigenvalue weighted by molar-refractivity contribution is -0.214. The SMILES string of the molecule is C[C@@H](N)CON=C1CC[C@]2(C)[C@H]3CC[C@]4(C)C(=O)CC[C@H]4[C@@H]3C[C@H](C)[C@@]2(O)C1. The predicted octanol–water partition coefficient (Wildman–Crippen LogP) is 3.68. The molecule has 4 aliphatic rings. The van der Waals surface area contributed by atoms with Crippen LogP contribution in [0.25, 0.3) is 0 Å². The summed E-state index contributed by atoms with van der Waals surface area (Å²) in [6, 6.07) is -0.0404. The van der Waals surface area contributed by atoms with Crippen molar-refractivity contribution >= 4 is 11.5 Å². The van der Waals surface area contributed by atoms with Crippen molar-refractivity contribution in [3.8, 4) is 0 Å². The number of carbonyl (C=O) groups is 1. The lowest BCUT2D eigenvalue weighted by atomic mass is 9.41. The van der Waals surface area contributed by atoms with Crippen LogP contribution in [0.3, 0.4) is 0 Å². The summed E-state index contributed by atoms with van der Waals surface area (Å²) in [4.78, 5) is 18.0. The van der Waals surface area contributed by atoms with Gasteiger partial charge in [0.15, 0.2) is 0 Å². The Morgan fingerprint density at radius 3 is 2.71 bits per heavy atom. The number of ketones is 1. The van der Waals surface area contributed by atoms with Gasteiger partial charge in [-0.2, -0.15) is 0 Å². The first kappa shape index (κ1) is 20.3. The number of oxime groups is 1. The predicted molar refractivity (Wildman–Crippen MR) is 110 cm³/mol. The normalized spacial score (nSPS) is 50.6. The number of carbonyl (C=O) groups excluding carboxylic acids is 1. The van der Waals surface area contributed by atoms with Gasteiger partial charge < -0.3 is 15.7 Å². The Kier molecular flexibility index (Phi) is 4.94. The molecule has 28 heavy (non-hydrogen) atoms. The summed E-state index contributed by atoms with van der Waals surface area (Å²) < 4.78 is 0. The number of hydrogen-bond donors (Lipinski definition) is 2. The van der Waals surface area contributed by atoms with E-state index in [0.717, 1.165) is 50.7 Å². The third kappa shape index (κ3) is 2.79. The maximum Gasteiger partial charge on any atom is 0.139 e. The van der Waals surface area contributed by atoms with Crippen LogP contribution in [0.1, 0.15) is 79.1 Å². The van der Waals surface area contributed by atoms with Crippen molar-refractivity contribution in [3.05, 3.63) is 0 Å². The maximum absolute atomic E-state index is 12.6. The monoisotopic (exact) mass is 390 g/mol. The van der Waals surface area contributed by atoms with E-state index in [2.05, 4.69) is 25.9 Å². The highest BCUT2D eigenvalue weighted by molar-refractivity contribution is 5.87. The van der Waals surface area contributed by atoms with E-state index in [1.807, 2.05) is 6.92 Å². The first-order chi connectivity index (χ1) is 13.1. The summed E-state index contributed by atoms with van der Waals surface area (Å²) in [6.07, 6.45) is 7.34. The summed E-state index contributed by atoms with van der Waals surface area (Å²) in [7, 11) is 0. The Balaban J connectivity index is 1.59. The zero-order valence-corrected chi connectivity index (χ0v) is 18.0. The zero-order chi connectivity index (χ0) is 20.3. The molecule has 4 rings (SSSR count). The average molecular weight is 391 g/mol. The van der Waals surface area contributed by atoms with Gasteiger partial charge in [0.25, 0.3) is 0 Å². The van der Waals surface area contributed by atoms with Gasteiger partial charge in [0.1, 0.15) is 12.4 Å². The number of rotatable bonds is 3. The van der Waals surface area contributed by atoms with E-state index >= 15 is 0 Å². The highest BCUT2D eigenvalue weighted by Gasteiger charge is 2.66. The third-order valence-electron chi connectivity index (χ3n) is 9.33. The van der Waals surface area contributed by atoms with E-state index in [9.17, 15) is 9.90 Å². The van der Waals surface area contributed by atoms with E-state index in [-0.39, 0.29) is 22.8 Å². The van der Waals surface area contributed by atoms with Gasteiger partial charge in [0.2, 0.25) is 0 Å². The van der Waals surface area contributed by atoms with Crippen molar-refractivity contribution in [2.24, 2.45) is 45.4 Å². The van der Waals surface area contributed by atoms with Crippen molar-refractivity contribution < 1.29 is 14.7 Å². The lowest BCUT2D eigenvalue weighted by Gasteiger charge is -2.65. The molecule has 0 heterocycles. The fourth-order valence-corrected chi connectivity index (χ4v) is 7.57. The summed E-state index contributed by atoms with van der Waals surface area (Å²) >= 11 is 0. The van der Waals surface area contributed by atoms with Gasteiger partial charge in [-0.3, -0.25) is 4.79 Å². The zero-order valence-electron chi connectivity index (χ0n) is 18.0. The molecule has 158 valence electrons. The molecule has 0 unspecified atom stereocenters. The van der Waals surface area contributed by atoms with Gasteiger partial charge in [-0.25, -0.2) is 0 Å². The summed E-state index contributed by atoms with van der Waals surface area (Å²) in [5, 5.41) is 16.3. The minimum atomic E-state index is -0.737. The Labute approximate surface area is 169 Å². The largest absolute Gasteiger partial charge is 0.394 e. The van der Waals surface area contributed by atoms with Crippen LogP contribution >= 0.6 is 0 Å². The van der Waals surface area contributed by atoms with E-state index in [0.29, 0.717) is 36.6 Å². The van der Waals surface area contributed by atoms with E-state index in [4.69, 9.17) is 10.6 Å². The molecule has 8 atom stereocenters. The highest BCUT2D eigenvalue weighted by atomic mass is 16.6.